The van der Waals surface area contributed by atoms with Gasteiger partial charge in [0, 0.05) is 56.4 Å². The van der Waals surface area contributed by atoms with Crippen LogP contribution in [0, 0.1) is 11.8 Å². The second-order valence-electron chi connectivity index (χ2n) is 10.7. The summed E-state index contributed by atoms with van der Waals surface area (Å²) in [4.78, 5) is 54.6. The lowest BCUT2D eigenvalue weighted by Gasteiger charge is -2.38. The average Bonchev–Trinajstić information content (AvgIpc) is 2.83. The first-order chi connectivity index (χ1) is 16.6. The van der Waals surface area contributed by atoms with Crippen molar-refractivity contribution in [2.24, 2.45) is 11.8 Å². The van der Waals surface area contributed by atoms with Crippen molar-refractivity contribution in [2.45, 2.75) is 58.5 Å². The first-order valence-electron chi connectivity index (χ1n) is 12.6. The maximum Gasteiger partial charge on any atom is 0.328 e. The number of carbonyl (C=O) groups is 4. The van der Waals surface area contributed by atoms with Gasteiger partial charge in [0.2, 0.25) is 11.8 Å². The molecule has 0 atom stereocenters. The third kappa shape index (κ3) is 6.13. The summed E-state index contributed by atoms with van der Waals surface area (Å²) < 4.78 is 5.51. The lowest BCUT2D eigenvalue weighted by atomic mass is 9.91. The Labute approximate surface area is 206 Å². The molecule has 9 heteroatoms. The quantitative estimate of drug-likeness (QED) is 0.660. The summed E-state index contributed by atoms with van der Waals surface area (Å²) in [6.45, 7) is 8.82. The fourth-order valence-corrected chi connectivity index (χ4v) is 5.02. The maximum absolute atomic E-state index is 13.1. The number of imide groups is 1. The average molecular weight is 485 g/mol. The molecule has 3 saturated heterocycles. The van der Waals surface area contributed by atoms with Gasteiger partial charge in [0.15, 0.2) is 0 Å². The van der Waals surface area contributed by atoms with Crippen LogP contribution in [-0.2, 0) is 19.1 Å². The van der Waals surface area contributed by atoms with Crippen LogP contribution in [0.15, 0.2) is 24.3 Å². The molecule has 9 nitrogen and oxygen atoms in total. The summed E-state index contributed by atoms with van der Waals surface area (Å²) in [6.07, 6.45) is 3.21. The van der Waals surface area contributed by atoms with Crippen LogP contribution in [0.2, 0.25) is 0 Å². The van der Waals surface area contributed by atoms with Crippen LogP contribution in [0.25, 0.3) is 0 Å². The van der Waals surface area contributed by atoms with Crippen LogP contribution in [0.5, 0.6) is 0 Å². The second-order valence-corrected chi connectivity index (χ2v) is 10.7. The van der Waals surface area contributed by atoms with Crippen LogP contribution >= 0.6 is 0 Å². The summed E-state index contributed by atoms with van der Waals surface area (Å²) in [7, 11) is 0. The van der Waals surface area contributed by atoms with E-state index in [1.165, 1.54) is 0 Å². The fourth-order valence-electron chi connectivity index (χ4n) is 5.02. The van der Waals surface area contributed by atoms with Gasteiger partial charge in [-0.2, -0.15) is 0 Å². The molecule has 3 aliphatic heterocycles. The Balaban J connectivity index is 1.24. The van der Waals surface area contributed by atoms with Crippen LogP contribution in [-0.4, -0.2) is 67.0 Å². The number of carbonyl (C=O) groups excluding carboxylic acids is 4. The molecule has 0 saturated carbocycles. The second kappa shape index (κ2) is 10.3. The molecule has 0 spiro atoms. The topological polar surface area (TPSA) is 99.3 Å². The van der Waals surface area contributed by atoms with E-state index in [0.717, 1.165) is 37.3 Å². The molecular formula is C26H36N4O5. The molecule has 1 aromatic carbocycles. The zero-order valence-electron chi connectivity index (χ0n) is 20.9. The van der Waals surface area contributed by atoms with Gasteiger partial charge >= 0.3 is 12.0 Å². The minimum absolute atomic E-state index is 0.0122. The monoisotopic (exact) mass is 484 g/mol. The Bertz CT molecular complexity index is 955. The van der Waals surface area contributed by atoms with Crippen LogP contribution in [0.3, 0.4) is 0 Å². The number of benzene rings is 1. The number of anilines is 2. The lowest BCUT2D eigenvalue weighted by molar-refractivity contribution is -0.162. The number of hydrogen-bond acceptors (Lipinski definition) is 6. The molecular weight excluding hydrogens is 448 g/mol. The van der Waals surface area contributed by atoms with Gasteiger partial charge in [0.1, 0.15) is 5.60 Å². The number of hydrogen-bond donors (Lipinski definition) is 1. The Morgan fingerprint density at radius 2 is 1.43 bits per heavy atom. The van der Waals surface area contributed by atoms with E-state index in [0.29, 0.717) is 38.9 Å². The van der Waals surface area contributed by atoms with E-state index in [-0.39, 0.29) is 35.7 Å². The number of esters is 1. The molecule has 4 amide bonds. The van der Waals surface area contributed by atoms with Gasteiger partial charge in [-0.15, -0.1) is 0 Å². The summed E-state index contributed by atoms with van der Waals surface area (Å²) in [5.41, 5.74) is 1.34. The zero-order valence-corrected chi connectivity index (χ0v) is 20.9. The van der Waals surface area contributed by atoms with Crippen molar-refractivity contribution < 1.29 is 23.9 Å². The molecule has 0 aliphatic carbocycles. The van der Waals surface area contributed by atoms with Crippen molar-refractivity contribution in [3.05, 3.63) is 24.3 Å². The third-order valence-corrected chi connectivity index (χ3v) is 6.97. The van der Waals surface area contributed by atoms with E-state index in [9.17, 15) is 19.2 Å². The molecule has 0 bridgehead atoms. The van der Waals surface area contributed by atoms with Gasteiger partial charge in [-0.25, -0.2) is 4.79 Å². The molecule has 190 valence electrons. The highest BCUT2D eigenvalue weighted by Crippen LogP contribution is 2.29. The minimum atomic E-state index is -0.485. The molecule has 0 unspecified atom stereocenters. The molecule has 1 aromatic rings. The number of likely N-dealkylation sites (tertiary alicyclic amines) is 1. The largest absolute Gasteiger partial charge is 0.460 e. The molecule has 0 radical (unpaired) electrons. The van der Waals surface area contributed by atoms with Crippen molar-refractivity contribution >= 4 is 35.2 Å². The Kier molecular flexibility index (Phi) is 7.33. The van der Waals surface area contributed by atoms with Gasteiger partial charge in [0.05, 0.1) is 5.92 Å². The molecule has 3 heterocycles. The zero-order chi connectivity index (χ0) is 25.2. The summed E-state index contributed by atoms with van der Waals surface area (Å²) in [5, 5.41) is 2.34. The van der Waals surface area contributed by atoms with E-state index in [2.05, 4.69) is 10.2 Å². The maximum atomic E-state index is 13.1. The minimum Gasteiger partial charge on any atom is -0.460 e. The van der Waals surface area contributed by atoms with E-state index in [1.807, 2.05) is 49.9 Å². The highest BCUT2D eigenvalue weighted by Gasteiger charge is 2.34. The Hall–Kier alpha value is -3.10. The predicted molar refractivity (Wildman–Crippen MR) is 132 cm³/mol. The third-order valence-electron chi connectivity index (χ3n) is 6.97. The predicted octanol–water partition coefficient (Wildman–Crippen LogP) is 2.93. The van der Waals surface area contributed by atoms with Crippen molar-refractivity contribution in [1.29, 1.82) is 0 Å². The fraction of sp³-hybridized carbons (Fsp3) is 0.615. The van der Waals surface area contributed by atoms with Crippen molar-refractivity contribution in [3.63, 3.8) is 0 Å². The van der Waals surface area contributed by atoms with Crippen LogP contribution in [0.1, 0.15) is 52.9 Å². The highest BCUT2D eigenvalue weighted by molar-refractivity contribution is 6.05. The van der Waals surface area contributed by atoms with E-state index < -0.39 is 5.60 Å². The van der Waals surface area contributed by atoms with Gasteiger partial charge in [0.25, 0.3) is 0 Å². The Morgan fingerprint density at radius 1 is 0.857 bits per heavy atom. The first kappa shape index (κ1) is 25.0. The normalized spacial score (nSPS) is 20.6. The number of nitrogens with zero attached hydrogens (tertiary/aromatic N) is 3. The van der Waals surface area contributed by atoms with Gasteiger partial charge < -0.3 is 14.5 Å². The van der Waals surface area contributed by atoms with E-state index >= 15 is 0 Å². The van der Waals surface area contributed by atoms with Gasteiger partial charge in [-0.3, -0.25) is 24.6 Å². The number of urea groups is 1. The molecule has 4 rings (SSSR count). The summed E-state index contributed by atoms with van der Waals surface area (Å²) in [5.74, 6) is -0.308. The van der Waals surface area contributed by atoms with Crippen LogP contribution < -0.4 is 15.1 Å². The molecule has 1 N–H and O–H groups in total. The molecule has 3 fully saturated rings. The lowest BCUT2D eigenvalue weighted by Crippen LogP contribution is -2.49. The first-order valence-corrected chi connectivity index (χ1v) is 12.6. The smallest absolute Gasteiger partial charge is 0.328 e. The van der Waals surface area contributed by atoms with E-state index in [4.69, 9.17) is 4.74 Å². The van der Waals surface area contributed by atoms with Crippen molar-refractivity contribution in [1.82, 2.24) is 10.2 Å². The Morgan fingerprint density at radius 3 is 2.00 bits per heavy atom. The number of amides is 4. The van der Waals surface area contributed by atoms with Gasteiger partial charge in [-0.05, 0) is 70.7 Å². The van der Waals surface area contributed by atoms with Crippen molar-refractivity contribution in [3.8, 4) is 0 Å². The molecule has 0 aromatic heterocycles. The molecule has 35 heavy (non-hydrogen) atoms. The number of piperidine rings is 2. The number of rotatable bonds is 4. The van der Waals surface area contributed by atoms with Crippen molar-refractivity contribution in [2.75, 3.05) is 42.5 Å². The molecule has 3 aliphatic rings. The van der Waals surface area contributed by atoms with E-state index in [1.54, 1.807) is 4.90 Å². The summed E-state index contributed by atoms with van der Waals surface area (Å²) in [6, 6.07) is 7.39. The summed E-state index contributed by atoms with van der Waals surface area (Å²) >= 11 is 0. The van der Waals surface area contributed by atoms with Crippen LogP contribution in [0.4, 0.5) is 16.2 Å². The SMILES string of the molecule is CC(C)(C)OC(=O)C1CCN(C(=O)C2CCN(c3ccc(N4CCC(=O)NC4=O)cc3)CC2)CC1. The number of nitrogens with one attached hydrogen (secondary N) is 1. The number of ether oxygens (including phenoxy) is 1. The van der Waals surface area contributed by atoms with Gasteiger partial charge in [-0.1, -0.05) is 0 Å². The highest BCUT2D eigenvalue weighted by atomic mass is 16.6. The standard InChI is InChI=1S/C26H36N4O5/c1-26(2,3)35-24(33)19-10-15-29(16-11-19)23(32)18-8-13-28(14-9-18)20-4-6-21(7-5-20)30-17-12-22(31)27-25(30)34/h4-7,18-19H,8-17H2,1-3H3,(H,27,31,34).